The van der Waals surface area contributed by atoms with Gasteiger partial charge in [0.2, 0.25) is 0 Å². The number of halogens is 1. The van der Waals surface area contributed by atoms with E-state index in [9.17, 15) is 4.79 Å². The van der Waals surface area contributed by atoms with E-state index in [1.165, 1.54) is 0 Å². The van der Waals surface area contributed by atoms with Gasteiger partial charge in [-0.2, -0.15) is 5.10 Å². The van der Waals surface area contributed by atoms with Gasteiger partial charge in [-0.3, -0.25) is 4.79 Å². The van der Waals surface area contributed by atoms with Crippen LogP contribution < -0.4 is 5.73 Å². The van der Waals surface area contributed by atoms with E-state index in [2.05, 4.69) is 39.9 Å². The van der Waals surface area contributed by atoms with Gasteiger partial charge in [0.25, 0.3) is 0 Å². The summed E-state index contributed by atoms with van der Waals surface area (Å²) in [5.74, 6) is 0.192. The lowest BCUT2D eigenvalue weighted by Crippen LogP contribution is -2.31. The van der Waals surface area contributed by atoms with Crippen LogP contribution in [0.1, 0.15) is 60.0 Å². The van der Waals surface area contributed by atoms with Gasteiger partial charge in [-0.25, -0.2) is 5.01 Å². The predicted octanol–water partition coefficient (Wildman–Crippen LogP) is 4.33. The Balaban J connectivity index is 1.67. The number of ketones is 1. The number of rotatable bonds is 2. The molecule has 2 heterocycles. The summed E-state index contributed by atoms with van der Waals surface area (Å²) in [6, 6.07) is 9.86. The number of fused-ring (bicyclic) bond motifs is 1. The summed E-state index contributed by atoms with van der Waals surface area (Å²) < 4.78 is 1.02. The molecule has 0 saturated carbocycles. The Bertz CT molecular complexity index is 961. The van der Waals surface area contributed by atoms with Crippen molar-refractivity contribution in [3.05, 3.63) is 57.3 Å². The zero-order valence-electron chi connectivity index (χ0n) is 15.3. The molecule has 1 aromatic carbocycles. The highest BCUT2D eigenvalue weighted by atomic mass is 79.9. The SMILES string of the molecule is CC1(C)CC(=O)c2cc(C3CC(c4ccc(Br)cc4)=NN3C(N)=S)[nH]c2C1. The first kappa shape index (κ1) is 18.4. The molecule has 5 nitrogen and oxygen atoms in total. The van der Waals surface area contributed by atoms with E-state index in [4.69, 9.17) is 18.0 Å². The molecule has 1 unspecified atom stereocenters. The van der Waals surface area contributed by atoms with Gasteiger partial charge >= 0.3 is 0 Å². The van der Waals surface area contributed by atoms with Crippen molar-refractivity contribution in [3.8, 4) is 0 Å². The van der Waals surface area contributed by atoms with E-state index in [1.54, 1.807) is 5.01 Å². The minimum atomic E-state index is -0.123. The van der Waals surface area contributed by atoms with E-state index in [1.807, 2.05) is 30.3 Å². The fourth-order valence-electron chi connectivity index (χ4n) is 3.93. The van der Waals surface area contributed by atoms with Crippen molar-refractivity contribution in [2.75, 3.05) is 0 Å². The number of Topliss-reactive ketones (excluding diaryl/α,β-unsaturated/α-hetero) is 1. The zero-order valence-corrected chi connectivity index (χ0v) is 17.7. The minimum Gasteiger partial charge on any atom is -0.375 e. The fourth-order valence-corrected chi connectivity index (χ4v) is 4.36. The van der Waals surface area contributed by atoms with Gasteiger partial charge < -0.3 is 10.7 Å². The summed E-state index contributed by atoms with van der Waals surface area (Å²) in [6.07, 6.45) is 2.10. The Morgan fingerprint density at radius 2 is 2.04 bits per heavy atom. The Morgan fingerprint density at radius 3 is 2.70 bits per heavy atom. The molecule has 0 fully saturated rings. The van der Waals surface area contributed by atoms with E-state index in [-0.39, 0.29) is 22.4 Å². The highest BCUT2D eigenvalue weighted by molar-refractivity contribution is 9.10. The molecule has 1 aliphatic heterocycles. The summed E-state index contributed by atoms with van der Waals surface area (Å²) in [7, 11) is 0. The van der Waals surface area contributed by atoms with Crippen LogP contribution in [-0.4, -0.2) is 26.6 Å². The van der Waals surface area contributed by atoms with E-state index < -0.39 is 0 Å². The van der Waals surface area contributed by atoms with E-state index in [0.29, 0.717) is 12.8 Å². The van der Waals surface area contributed by atoms with Crippen LogP contribution >= 0.6 is 28.1 Å². The number of H-pyrrole nitrogens is 1. The van der Waals surface area contributed by atoms with E-state index in [0.717, 1.165) is 39.1 Å². The first-order chi connectivity index (χ1) is 12.7. The molecule has 0 amide bonds. The molecule has 0 spiro atoms. The smallest absolute Gasteiger partial charge is 0.187 e. The van der Waals surface area contributed by atoms with Gasteiger partial charge in [0, 0.05) is 34.3 Å². The van der Waals surface area contributed by atoms with Crippen molar-refractivity contribution in [2.45, 2.75) is 39.2 Å². The molecule has 1 atom stereocenters. The highest BCUT2D eigenvalue weighted by Crippen LogP contribution is 2.38. The topological polar surface area (TPSA) is 74.5 Å². The number of aromatic nitrogens is 1. The number of aromatic amines is 1. The van der Waals surface area contributed by atoms with Crippen molar-refractivity contribution < 1.29 is 4.79 Å². The lowest BCUT2D eigenvalue weighted by Gasteiger charge is -2.28. The molecule has 3 N–H and O–H groups in total. The molecule has 1 aromatic heterocycles. The molecule has 4 rings (SSSR count). The zero-order chi connectivity index (χ0) is 19.3. The number of thiocarbonyl (C=S) groups is 1. The fraction of sp³-hybridized carbons (Fsp3) is 0.350. The second-order valence-electron chi connectivity index (χ2n) is 8.01. The number of nitrogens with two attached hydrogens (primary N) is 1. The Hall–Kier alpha value is -1.99. The molecule has 2 aromatic rings. The molecule has 27 heavy (non-hydrogen) atoms. The Morgan fingerprint density at radius 1 is 1.33 bits per heavy atom. The lowest BCUT2D eigenvalue weighted by atomic mass is 9.76. The number of carbonyl (C=O) groups excluding carboxylic acids is 1. The number of hydrogen-bond donors (Lipinski definition) is 2. The maximum absolute atomic E-state index is 12.5. The quantitative estimate of drug-likeness (QED) is 0.675. The first-order valence-electron chi connectivity index (χ1n) is 8.90. The number of nitrogens with zero attached hydrogens (tertiary/aromatic N) is 2. The predicted molar refractivity (Wildman–Crippen MR) is 114 cm³/mol. The average Bonchev–Trinajstić information content (AvgIpc) is 3.18. The maximum atomic E-state index is 12.5. The number of carbonyl (C=O) groups is 1. The molecule has 0 radical (unpaired) electrons. The van der Waals surface area contributed by atoms with E-state index >= 15 is 0 Å². The standard InChI is InChI=1S/C20H21BrN4OS/c1-20(2)9-16-13(18(26)10-20)7-15(23-16)17-8-14(24-25(17)19(22)27)11-3-5-12(21)6-4-11/h3-7,17,23H,8-10H2,1-2H3,(H2,22,27). The van der Waals surface area contributed by atoms with Gasteiger partial charge in [0.15, 0.2) is 10.9 Å². The molecule has 2 aliphatic rings. The lowest BCUT2D eigenvalue weighted by molar-refractivity contribution is 0.0912. The monoisotopic (exact) mass is 444 g/mol. The molecule has 0 saturated heterocycles. The largest absolute Gasteiger partial charge is 0.375 e. The Kier molecular flexibility index (Phi) is 4.47. The van der Waals surface area contributed by atoms with Crippen LogP contribution in [0.2, 0.25) is 0 Å². The second kappa shape index (κ2) is 6.56. The summed E-state index contributed by atoms with van der Waals surface area (Å²) >= 11 is 8.69. The van der Waals surface area contributed by atoms with Gasteiger partial charge in [-0.1, -0.05) is 41.9 Å². The molecular weight excluding hydrogens is 424 g/mol. The van der Waals surface area contributed by atoms with Crippen molar-refractivity contribution in [1.29, 1.82) is 0 Å². The van der Waals surface area contributed by atoms with Gasteiger partial charge in [-0.05, 0) is 47.8 Å². The summed E-state index contributed by atoms with van der Waals surface area (Å²) in [5, 5.41) is 6.57. The number of benzene rings is 1. The van der Waals surface area contributed by atoms with Crippen LogP contribution in [0.4, 0.5) is 0 Å². The number of hydrogen-bond acceptors (Lipinski definition) is 3. The van der Waals surface area contributed by atoms with Crippen LogP contribution in [0.3, 0.4) is 0 Å². The van der Waals surface area contributed by atoms with Crippen LogP contribution in [-0.2, 0) is 6.42 Å². The first-order valence-corrected chi connectivity index (χ1v) is 10.1. The molecule has 0 bridgehead atoms. The van der Waals surface area contributed by atoms with Crippen LogP contribution in [0.5, 0.6) is 0 Å². The highest BCUT2D eigenvalue weighted by Gasteiger charge is 2.36. The summed E-state index contributed by atoms with van der Waals surface area (Å²) in [4.78, 5) is 16.0. The summed E-state index contributed by atoms with van der Waals surface area (Å²) in [5.41, 5.74) is 10.6. The van der Waals surface area contributed by atoms with Gasteiger partial charge in [0.1, 0.15) is 6.04 Å². The van der Waals surface area contributed by atoms with Crippen LogP contribution in [0.15, 0.2) is 39.9 Å². The third kappa shape index (κ3) is 3.46. The minimum absolute atomic E-state index is 0.0240. The number of hydrazone groups is 1. The average molecular weight is 445 g/mol. The molecule has 140 valence electrons. The normalized spacial score (nSPS) is 21.1. The van der Waals surface area contributed by atoms with Crippen LogP contribution in [0.25, 0.3) is 0 Å². The Labute approximate surface area is 172 Å². The van der Waals surface area contributed by atoms with Crippen molar-refractivity contribution in [2.24, 2.45) is 16.3 Å². The summed E-state index contributed by atoms with van der Waals surface area (Å²) in [6.45, 7) is 4.25. The third-order valence-electron chi connectivity index (χ3n) is 5.19. The second-order valence-corrected chi connectivity index (χ2v) is 9.35. The van der Waals surface area contributed by atoms with Crippen LogP contribution in [0, 0.1) is 5.41 Å². The van der Waals surface area contributed by atoms with Gasteiger partial charge in [0.05, 0.1) is 5.71 Å². The van der Waals surface area contributed by atoms with Crippen molar-refractivity contribution in [1.82, 2.24) is 9.99 Å². The van der Waals surface area contributed by atoms with Crippen molar-refractivity contribution in [3.63, 3.8) is 0 Å². The maximum Gasteiger partial charge on any atom is 0.187 e. The van der Waals surface area contributed by atoms with Crippen molar-refractivity contribution >= 4 is 44.8 Å². The molecule has 7 heteroatoms. The number of nitrogens with one attached hydrogen (secondary N) is 1. The third-order valence-corrected chi connectivity index (χ3v) is 5.90. The molecular formula is C20H21BrN4OS. The van der Waals surface area contributed by atoms with Gasteiger partial charge in [-0.15, -0.1) is 0 Å². The molecule has 1 aliphatic carbocycles.